The summed E-state index contributed by atoms with van der Waals surface area (Å²) in [6.07, 6.45) is 6.12. The molecular weight excluding hydrogens is 468 g/mol. The monoisotopic (exact) mass is 489 g/mol. The quantitative estimate of drug-likeness (QED) is 0.578. The van der Waals surface area contributed by atoms with E-state index in [1.165, 1.54) is 0 Å². The average Bonchev–Trinajstić information content (AvgIpc) is 3.62. The molecule has 6 rings (SSSR count). The van der Waals surface area contributed by atoms with Crippen molar-refractivity contribution in [1.29, 1.82) is 0 Å². The summed E-state index contributed by atoms with van der Waals surface area (Å²) in [6.45, 7) is 0.475. The van der Waals surface area contributed by atoms with Gasteiger partial charge in [0.05, 0.1) is 12.1 Å². The third kappa shape index (κ3) is 3.62. The number of hydrogen-bond acceptors (Lipinski definition) is 5. The van der Waals surface area contributed by atoms with E-state index in [1.54, 1.807) is 29.1 Å². The van der Waals surface area contributed by atoms with Crippen LogP contribution in [0.1, 0.15) is 22.4 Å². The highest BCUT2D eigenvalue weighted by Gasteiger charge is 2.40. The topological polar surface area (TPSA) is 87.4 Å². The van der Waals surface area contributed by atoms with E-state index in [4.69, 9.17) is 10.7 Å². The van der Waals surface area contributed by atoms with Crippen LogP contribution in [-0.4, -0.2) is 34.6 Å². The molecule has 0 saturated carbocycles. The van der Waals surface area contributed by atoms with Gasteiger partial charge in [0.1, 0.15) is 11.6 Å². The number of rotatable bonds is 4. The minimum atomic E-state index is -1.03. The SMILES string of the molecule is NC1(c2ccc3c(c2)CCN3C(=O)Cc2cc(F)ccc2F)N=CC(c2cc[nH]n2)=C2SCC=C21. The van der Waals surface area contributed by atoms with Gasteiger partial charge in [-0.3, -0.25) is 20.6 Å². The number of amides is 1. The lowest BCUT2D eigenvalue weighted by molar-refractivity contribution is -0.117. The van der Waals surface area contributed by atoms with Crippen molar-refractivity contribution in [2.75, 3.05) is 17.2 Å². The molecule has 0 fully saturated rings. The minimum Gasteiger partial charge on any atom is -0.312 e. The van der Waals surface area contributed by atoms with Gasteiger partial charge in [-0.05, 0) is 53.9 Å². The van der Waals surface area contributed by atoms with Crippen LogP contribution in [0.3, 0.4) is 0 Å². The largest absolute Gasteiger partial charge is 0.312 e. The number of carbonyl (C=O) groups is 1. The van der Waals surface area contributed by atoms with Gasteiger partial charge in [-0.2, -0.15) is 5.10 Å². The van der Waals surface area contributed by atoms with Crippen molar-refractivity contribution in [3.63, 3.8) is 0 Å². The van der Waals surface area contributed by atoms with Gasteiger partial charge >= 0.3 is 0 Å². The van der Waals surface area contributed by atoms with Gasteiger partial charge < -0.3 is 4.90 Å². The number of nitrogens with one attached hydrogen (secondary N) is 1. The smallest absolute Gasteiger partial charge is 0.231 e. The predicted molar refractivity (Wildman–Crippen MR) is 133 cm³/mol. The molecule has 3 N–H and O–H groups in total. The first-order valence-electron chi connectivity index (χ1n) is 11.2. The lowest BCUT2D eigenvalue weighted by Gasteiger charge is -2.32. The normalized spacial score (nSPS) is 20.8. The average molecular weight is 490 g/mol. The molecule has 0 aliphatic carbocycles. The molecule has 0 radical (unpaired) electrons. The fourth-order valence-electron chi connectivity index (χ4n) is 4.88. The fraction of sp³-hybridized carbons (Fsp3) is 0.192. The zero-order chi connectivity index (χ0) is 24.2. The van der Waals surface area contributed by atoms with Gasteiger partial charge in [-0.1, -0.05) is 12.1 Å². The zero-order valence-corrected chi connectivity index (χ0v) is 19.4. The van der Waals surface area contributed by atoms with Gasteiger partial charge in [-0.15, -0.1) is 11.8 Å². The number of halogens is 2. The van der Waals surface area contributed by atoms with Crippen molar-refractivity contribution in [3.05, 3.63) is 99.2 Å². The Hall–Kier alpha value is -3.56. The van der Waals surface area contributed by atoms with E-state index in [2.05, 4.69) is 16.3 Å². The second-order valence-corrected chi connectivity index (χ2v) is 9.74. The summed E-state index contributed by atoms with van der Waals surface area (Å²) in [4.78, 5) is 20.4. The highest BCUT2D eigenvalue weighted by molar-refractivity contribution is 8.04. The maximum absolute atomic E-state index is 14.1. The number of hydrogen-bond donors (Lipinski definition) is 2. The summed E-state index contributed by atoms with van der Waals surface area (Å²) < 4.78 is 27.6. The summed E-state index contributed by atoms with van der Waals surface area (Å²) in [5.74, 6) is -0.617. The van der Waals surface area contributed by atoms with Crippen molar-refractivity contribution in [2.24, 2.45) is 10.7 Å². The molecule has 6 nitrogen and oxygen atoms in total. The number of anilines is 1. The first kappa shape index (κ1) is 21.9. The second kappa shape index (κ2) is 8.28. The molecule has 9 heteroatoms. The number of benzene rings is 2. The minimum absolute atomic E-state index is 0.0511. The Kier molecular flexibility index (Phi) is 5.19. The number of nitrogens with two attached hydrogens (primary N) is 1. The Morgan fingerprint density at radius 3 is 2.91 bits per heavy atom. The molecule has 2 aromatic carbocycles. The lowest BCUT2D eigenvalue weighted by Crippen LogP contribution is -2.39. The predicted octanol–water partition coefficient (Wildman–Crippen LogP) is 4.10. The van der Waals surface area contributed by atoms with Crippen LogP contribution in [0.5, 0.6) is 0 Å². The highest BCUT2D eigenvalue weighted by atomic mass is 32.2. The molecule has 3 aliphatic heterocycles. The maximum atomic E-state index is 14.1. The van der Waals surface area contributed by atoms with Crippen LogP contribution in [0, 0.1) is 11.6 Å². The lowest BCUT2D eigenvalue weighted by atomic mass is 9.87. The van der Waals surface area contributed by atoms with E-state index in [1.807, 2.05) is 24.3 Å². The Morgan fingerprint density at radius 1 is 1.20 bits per heavy atom. The summed E-state index contributed by atoms with van der Waals surface area (Å²) in [7, 11) is 0. The van der Waals surface area contributed by atoms with Crippen LogP contribution in [0.15, 0.2) is 70.2 Å². The molecule has 0 saturated heterocycles. The summed E-state index contributed by atoms with van der Waals surface area (Å²) >= 11 is 1.71. The number of fused-ring (bicyclic) bond motifs is 2. The molecule has 3 aliphatic rings. The number of carbonyl (C=O) groups excluding carboxylic acids is 1. The van der Waals surface area contributed by atoms with E-state index in [9.17, 15) is 13.6 Å². The van der Waals surface area contributed by atoms with Crippen molar-refractivity contribution in [1.82, 2.24) is 10.2 Å². The van der Waals surface area contributed by atoms with Crippen LogP contribution < -0.4 is 10.6 Å². The number of aromatic amines is 1. The van der Waals surface area contributed by atoms with E-state index in [-0.39, 0.29) is 17.9 Å². The summed E-state index contributed by atoms with van der Waals surface area (Å²) in [5.41, 5.74) is 11.2. The second-order valence-electron chi connectivity index (χ2n) is 8.71. The molecular formula is C26H21F2N5OS. The Balaban J connectivity index is 1.29. The highest BCUT2D eigenvalue weighted by Crippen LogP contribution is 2.48. The zero-order valence-electron chi connectivity index (χ0n) is 18.6. The van der Waals surface area contributed by atoms with Gasteiger partial charge in [-0.25, -0.2) is 8.78 Å². The van der Waals surface area contributed by atoms with Crippen LogP contribution in [0.2, 0.25) is 0 Å². The van der Waals surface area contributed by atoms with Crippen molar-refractivity contribution in [3.8, 4) is 0 Å². The Bertz CT molecular complexity index is 1450. The van der Waals surface area contributed by atoms with E-state index < -0.39 is 17.3 Å². The Morgan fingerprint density at radius 2 is 2.09 bits per heavy atom. The van der Waals surface area contributed by atoms with Gasteiger partial charge in [0.25, 0.3) is 0 Å². The molecule has 0 spiro atoms. The molecule has 0 bridgehead atoms. The number of aromatic nitrogens is 2. The third-order valence-electron chi connectivity index (χ3n) is 6.65. The van der Waals surface area contributed by atoms with Gasteiger partial charge in [0, 0.05) is 52.0 Å². The van der Waals surface area contributed by atoms with Crippen LogP contribution in [0.4, 0.5) is 14.5 Å². The number of thioether (sulfide) groups is 1. The number of aliphatic imine (C=N–C) groups is 1. The van der Waals surface area contributed by atoms with E-state index >= 15 is 0 Å². The molecule has 3 aromatic rings. The maximum Gasteiger partial charge on any atom is 0.231 e. The molecule has 1 aromatic heterocycles. The first-order valence-corrected chi connectivity index (χ1v) is 12.2. The van der Waals surface area contributed by atoms with Crippen molar-refractivity contribution >= 4 is 35.1 Å². The Labute approximate surface area is 204 Å². The standard InChI is InChI=1S/C26H21F2N5OS/c27-18-2-3-21(28)16(12-18)13-24(34)33-9-6-15-11-17(1-4-23(15)33)26(29)20-7-10-35-25(20)19(14-30-26)22-5-8-31-32-22/h1-5,7-8,11-12,14H,6,9-10,13,29H2,(H,31,32). The first-order chi connectivity index (χ1) is 16.9. The molecule has 176 valence electrons. The number of H-pyrrole nitrogens is 1. The number of dihydropyridines is 1. The van der Waals surface area contributed by atoms with Crippen LogP contribution in [0.25, 0.3) is 5.57 Å². The summed E-state index contributed by atoms with van der Waals surface area (Å²) in [6, 6.07) is 10.8. The van der Waals surface area contributed by atoms with Gasteiger partial charge in [0.2, 0.25) is 5.91 Å². The van der Waals surface area contributed by atoms with Crippen molar-refractivity contribution < 1.29 is 13.6 Å². The molecule has 35 heavy (non-hydrogen) atoms. The van der Waals surface area contributed by atoms with E-state index in [0.29, 0.717) is 13.0 Å². The van der Waals surface area contributed by atoms with E-state index in [0.717, 1.165) is 62.5 Å². The van der Waals surface area contributed by atoms with Crippen LogP contribution in [-0.2, 0) is 23.3 Å². The van der Waals surface area contributed by atoms with Crippen LogP contribution >= 0.6 is 11.8 Å². The number of nitrogens with zero attached hydrogens (tertiary/aromatic N) is 3. The molecule has 4 heterocycles. The third-order valence-corrected chi connectivity index (χ3v) is 7.72. The molecule has 1 amide bonds. The fourth-order valence-corrected chi connectivity index (χ4v) is 6.01. The van der Waals surface area contributed by atoms with Crippen molar-refractivity contribution in [2.45, 2.75) is 18.5 Å². The molecule has 1 unspecified atom stereocenters. The van der Waals surface area contributed by atoms with Gasteiger partial charge in [0.15, 0.2) is 5.66 Å². The number of allylic oxidation sites excluding steroid dienone is 1. The molecule has 1 atom stereocenters. The summed E-state index contributed by atoms with van der Waals surface area (Å²) in [5, 5.41) is 7.14.